The topological polar surface area (TPSA) is 59.5 Å². The first kappa shape index (κ1) is 15.7. The number of aliphatic imine (C=N–C) groups is 1. The van der Waals surface area contributed by atoms with Crippen molar-refractivity contribution in [1.82, 2.24) is 14.7 Å². The van der Waals surface area contributed by atoms with Crippen molar-refractivity contribution >= 4 is 23.6 Å². The van der Waals surface area contributed by atoms with Crippen molar-refractivity contribution in [3.05, 3.63) is 41.7 Å². The Morgan fingerprint density at radius 3 is 2.56 bits per heavy atom. The fourth-order valence-corrected chi connectivity index (χ4v) is 3.76. The third kappa shape index (κ3) is 2.01. The van der Waals surface area contributed by atoms with Gasteiger partial charge in [-0.25, -0.2) is 9.79 Å². The molecule has 2 atom stereocenters. The first-order valence-electron chi connectivity index (χ1n) is 8.44. The van der Waals surface area contributed by atoms with Gasteiger partial charge in [-0.15, -0.1) is 0 Å². The monoisotopic (exact) mass is 339 g/mol. The SMILES string of the molecule is CCN1C(=O)C2C(N=C3N(c4ccccc4C)C(C)=CN32)N(C)C1=O. The third-order valence-corrected chi connectivity index (χ3v) is 5.06. The fourth-order valence-electron chi connectivity index (χ4n) is 3.76. The van der Waals surface area contributed by atoms with Gasteiger partial charge in [0.05, 0.1) is 5.69 Å². The van der Waals surface area contributed by atoms with Crippen LogP contribution in [0.5, 0.6) is 0 Å². The standard InChI is InChI=1S/C18H21N5O2/c1-5-21-16(24)14-15(20(4)18(21)25)19-17-22(14)10-12(3)23(17)13-9-7-6-8-11(13)2/h6-10,14-15H,5H2,1-4H3. The molecule has 3 aliphatic heterocycles. The summed E-state index contributed by atoms with van der Waals surface area (Å²) in [5.41, 5.74) is 3.16. The third-order valence-electron chi connectivity index (χ3n) is 5.06. The number of para-hydroxylation sites is 1. The van der Waals surface area contributed by atoms with Crippen molar-refractivity contribution < 1.29 is 9.59 Å². The largest absolute Gasteiger partial charge is 0.328 e. The second kappa shape index (κ2) is 5.34. The summed E-state index contributed by atoms with van der Waals surface area (Å²) < 4.78 is 0. The Labute approximate surface area is 146 Å². The molecule has 0 bridgehead atoms. The van der Waals surface area contributed by atoms with Gasteiger partial charge >= 0.3 is 6.03 Å². The highest BCUT2D eigenvalue weighted by Gasteiger charge is 2.54. The van der Waals surface area contributed by atoms with E-state index in [-0.39, 0.29) is 11.9 Å². The van der Waals surface area contributed by atoms with Crippen molar-refractivity contribution in [2.45, 2.75) is 33.0 Å². The van der Waals surface area contributed by atoms with Crippen molar-refractivity contribution in [3.8, 4) is 0 Å². The number of amides is 3. The van der Waals surface area contributed by atoms with E-state index in [0.717, 1.165) is 16.9 Å². The van der Waals surface area contributed by atoms with Gasteiger partial charge < -0.3 is 9.80 Å². The molecule has 25 heavy (non-hydrogen) atoms. The molecule has 2 unspecified atom stereocenters. The highest BCUT2D eigenvalue weighted by molar-refractivity contribution is 6.10. The first-order valence-corrected chi connectivity index (χ1v) is 8.44. The zero-order chi connectivity index (χ0) is 17.9. The average Bonchev–Trinajstić information content (AvgIpc) is 3.09. The van der Waals surface area contributed by atoms with Crippen molar-refractivity contribution in [1.29, 1.82) is 0 Å². The number of nitrogens with zero attached hydrogens (tertiary/aromatic N) is 5. The van der Waals surface area contributed by atoms with E-state index < -0.39 is 12.2 Å². The molecule has 3 amide bonds. The second-order valence-electron chi connectivity index (χ2n) is 6.56. The summed E-state index contributed by atoms with van der Waals surface area (Å²) in [6.07, 6.45) is 1.46. The minimum absolute atomic E-state index is 0.190. The van der Waals surface area contributed by atoms with E-state index in [1.54, 1.807) is 11.9 Å². The van der Waals surface area contributed by atoms with E-state index in [2.05, 4.69) is 4.90 Å². The maximum Gasteiger partial charge on any atom is 0.328 e. The molecule has 3 heterocycles. The van der Waals surface area contributed by atoms with Crippen LogP contribution in [0.1, 0.15) is 19.4 Å². The number of likely N-dealkylation sites (N-methyl/N-ethyl adjacent to an activating group) is 2. The van der Waals surface area contributed by atoms with Crippen LogP contribution in [0.4, 0.5) is 10.5 Å². The van der Waals surface area contributed by atoms with Crippen LogP contribution < -0.4 is 4.90 Å². The van der Waals surface area contributed by atoms with Gasteiger partial charge in [0.1, 0.15) is 0 Å². The molecule has 1 aromatic rings. The number of fused-ring (bicyclic) bond motifs is 3. The molecule has 3 aliphatic rings. The number of benzene rings is 1. The molecule has 0 N–H and O–H groups in total. The summed E-state index contributed by atoms with van der Waals surface area (Å²) in [5, 5.41) is 0. The van der Waals surface area contributed by atoms with Gasteiger partial charge in [-0.1, -0.05) is 18.2 Å². The van der Waals surface area contributed by atoms with Crippen LogP contribution in [0.15, 0.2) is 41.2 Å². The molecule has 4 rings (SSSR count). The first-order chi connectivity index (χ1) is 12.0. The Kier molecular flexibility index (Phi) is 3.35. The van der Waals surface area contributed by atoms with E-state index in [0.29, 0.717) is 12.5 Å². The lowest BCUT2D eigenvalue weighted by molar-refractivity contribution is -0.136. The van der Waals surface area contributed by atoms with E-state index >= 15 is 0 Å². The lowest BCUT2D eigenvalue weighted by Crippen LogP contribution is -2.64. The molecule has 130 valence electrons. The lowest BCUT2D eigenvalue weighted by Gasteiger charge is -2.39. The number of urea groups is 1. The molecule has 1 saturated heterocycles. The van der Waals surface area contributed by atoms with Crippen molar-refractivity contribution in [3.63, 3.8) is 0 Å². The zero-order valence-electron chi connectivity index (χ0n) is 14.8. The van der Waals surface area contributed by atoms with Gasteiger partial charge in [0.2, 0.25) is 5.96 Å². The number of aryl methyl sites for hydroxylation is 1. The molecular formula is C18H21N5O2. The Balaban J connectivity index is 1.78. The van der Waals surface area contributed by atoms with E-state index in [9.17, 15) is 9.59 Å². The number of anilines is 1. The Hall–Kier alpha value is -2.83. The van der Waals surface area contributed by atoms with Gasteiger partial charge in [0, 0.05) is 25.5 Å². The van der Waals surface area contributed by atoms with Crippen LogP contribution in [0, 0.1) is 6.92 Å². The summed E-state index contributed by atoms with van der Waals surface area (Å²) in [7, 11) is 1.70. The summed E-state index contributed by atoms with van der Waals surface area (Å²) in [6, 6.07) is 7.28. The van der Waals surface area contributed by atoms with Gasteiger partial charge in [-0.3, -0.25) is 14.6 Å². The normalized spacial score (nSPS) is 25.3. The summed E-state index contributed by atoms with van der Waals surface area (Å²) >= 11 is 0. The molecule has 1 fully saturated rings. The molecule has 0 radical (unpaired) electrons. The van der Waals surface area contributed by atoms with Crippen LogP contribution >= 0.6 is 0 Å². The van der Waals surface area contributed by atoms with Crippen LogP contribution in [-0.2, 0) is 4.79 Å². The molecule has 0 spiro atoms. The molecule has 0 aliphatic carbocycles. The Morgan fingerprint density at radius 2 is 1.88 bits per heavy atom. The van der Waals surface area contributed by atoms with E-state index in [1.807, 2.05) is 56.1 Å². The Morgan fingerprint density at radius 1 is 1.16 bits per heavy atom. The predicted molar refractivity (Wildman–Crippen MR) is 94.8 cm³/mol. The number of carbonyl (C=O) groups excluding carboxylic acids is 2. The van der Waals surface area contributed by atoms with Crippen LogP contribution in [-0.4, -0.2) is 58.4 Å². The van der Waals surface area contributed by atoms with Gasteiger partial charge in [-0.2, -0.15) is 0 Å². The number of hydrogen-bond donors (Lipinski definition) is 0. The highest BCUT2D eigenvalue weighted by atomic mass is 16.2. The Bertz CT molecular complexity index is 831. The maximum atomic E-state index is 12.9. The number of allylic oxidation sites excluding steroid dienone is 1. The number of hydrogen-bond acceptors (Lipinski definition) is 5. The minimum Gasteiger partial charge on any atom is -0.302 e. The van der Waals surface area contributed by atoms with E-state index in [1.165, 1.54) is 4.90 Å². The molecule has 0 aromatic heterocycles. The smallest absolute Gasteiger partial charge is 0.302 e. The van der Waals surface area contributed by atoms with Gasteiger partial charge in [-0.05, 0) is 32.4 Å². The van der Waals surface area contributed by atoms with Crippen molar-refractivity contribution in [2.75, 3.05) is 18.5 Å². The molecule has 7 nitrogen and oxygen atoms in total. The maximum absolute atomic E-state index is 12.9. The van der Waals surface area contributed by atoms with Crippen LogP contribution in [0.2, 0.25) is 0 Å². The van der Waals surface area contributed by atoms with Crippen molar-refractivity contribution in [2.24, 2.45) is 4.99 Å². The van der Waals surface area contributed by atoms with Gasteiger partial charge in [0.15, 0.2) is 12.2 Å². The quantitative estimate of drug-likeness (QED) is 0.826. The van der Waals surface area contributed by atoms with E-state index in [4.69, 9.17) is 4.99 Å². The summed E-state index contributed by atoms with van der Waals surface area (Å²) in [5.74, 6) is 0.512. The molecule has 1 aromatic carbocycles. The summed E-state index contributed by atoms with van der Waals surface area (Å²) in [6.45, 7) is 6.22. The number of carbonyl (C=O) groups is 2. The number of guanidine groups is 1. The molecule has 7 heteroatoms. The van der Waals surface area contributed by atoms with Crippen LogP contribution in [0.25, 0.3) is 0 Å². The summed E-state index contributed by atoms with van der Waals surface area (Å²) in [4.78, 5) is 36.8. The molecular weight excluding hydrogens is 318 g/mol. The highest BCUT2D eigenvalue weighted by Crippen LogP contribution is 2.37. The minimum atomic E-state index is -0.499. The van der Waals surface area contributed by atoms with Crippen LogP contribution in [0.3, 0.4) is 0 Å². The predicted octanol–water partition coefficient (Wildman–Crippen LogP) is 1.96. The number of imide groups is 1. The zero-order valence-corrected chi connectivity index (χ0v) is 14.8. The lowest BCUT2D eigenvalue weighted by atomic mass is 10.1. The average molecular weight is 339 g/mol. The second-order valence-corrected chi connectivity index (χ2v) is 6.56. The fraction of sp³-hybridized carbons (Fsp3) is 0.389. The number of rotatable bonds is 2. The molecule has 0 saturated carbocycles. The van der Waals surface area contributed by atoms with Gasteiger partial charge in [0.25, 0.3) is 5.91 Å².